The second kappa shape index (κ2) is 37.5. The zero-order chi connectivity index (χ0) is 60.6. The number of rotatable bonds is 39. The maximum Gasteiger partial charge on any atom is 0.243 e. The quantitative estimate of drug-likeness (QED) is 0.0172. The Kier molecular flexibility index (Phi) is 33.2. The maximum absolute atomic E-state index is 14.5. The van der Waals surface area contributed by atoms with Crippen LogP contribution in [0.4, 0.5) is 0 Å². The highest BCUT2D eigenvalue weighted by Gasteiger charge is 2.34. The molecule has 0 heterocycles. The molecule has 0 aromatic heterocycles. The number of phenolic OH excluding ortho intramolecular Hbond substituents is 1. The minimum atomic E-state index is -1.50. The minimum absolute atomic E-state index is 0.0220. The van der Waals surface area contributed by atoms with Crippen molar-refractivity contribution in [3.05, 3.63) is 29.8 Å². The number of primary amides is 1. The third-order valence-corrected chi connectivity index (χ3v) is 12.7. The lowest BCUT2D eigenvalue weighted by Crippen LogP contribution is -2.60. The maximum atomic E-state index is 14.5. The van der Waals surface area contributed by atoms with Crippen LogP contribution in [0.3, 0.4) is 0 Å². The summed E-state index contributed by atoms with van der Waals surface area (Å²) < 4.78 is 0. The Labute approximate surface area is 469 Å². The third-order valence-electron chi connectivity index (χ3n) is 12.7. The van der Waals surface area contributed by atoms with E-state index < -0.39 is 114 Å². The molecule has 0 aliphatic heterocycles. The largest absolute Gasteiger partial charge is 0.508 e. The zero-order valence-electron chi connectivity index (χ0n) is 47.6. The van der Waals surface area contributed by atoms with E-state index in [9.17, 15) is 53.4 Å². The molecule has 0 aliphatic rings. The Morgan fingerprint density at radius 2 is 0.900 bits per heavy atom. The number of aromatic hydroxyl groups is 1. The Morgan fingerprint density at radius 3 is 1.34 bits per heavy atom. The van der Waals surface area contributed by atoms with E-state index in [2.05, 4.69) is 52.5 Å². The van der Waals surface area contributed by atoms with Gasteiger partial charge < -0.3 is 92.9 Å². The second-order valence-corrected chi connectivity index (χ2v) is 20.9. The van der Waals surface area contributed by atoms with Gasteiger partial charge >= 0.3 is 0 Å². The summed E-state index contributed by atoms with van der Waals surface area (Å²) in [5.41, 5.74) is 39.6. The van der Waals surface area contributed by atoms with Crippen molar-refractivity contribution in [3.8, 4) is 5.75 Å². The summed E-state index contributed by atoms with van der Waals surface area (Å²) in [5.74, 6) is -8.24. The summed E-state index contributed by atoms with van der Waals surface area (Å²) in [4.78, 5) is 131. The zero-order valence-corrected chi connectivity index (χ0v) is 47.6. The standard InChI is InChI=1S/C52H93N17O11/c1-28(2)24-34(27-54)63-49(79)40(25-29(3)4)69-48(78)36(12-8-9-21-53)65-47(77)38(14-11-23-61-52(58)59)66-50(80)41(26-33-15-17-35(71)18-16-33)68-44(74)31(6)62-45(75)39(19-20-42(55)72)67-46(76)37(13-10-22-60-51(56)57)64-43(73)30(5)32(7)70/h15-18,28-32,34,36-41,70-71H,8-14,19-27,53-54H2,1-7H3,(H2,55,72)(H,62,75)(H,63,79)(H,64,73)(H,65,77)(H,66,80)(H,67,76)(H,68,74)(H,69,78)(H4,56,57,60)(H4,58,59,61). The first-order chi connectivity index (χ1) is 37.6. The van der Waals surface area contributed by atoms with Crippen molar-refractivity contribution in [1.29, 1.82) is 0 Å². The number of nitrogens with one attached hydrogen (secondary N) is 8. The fourth-order valence-corrected chi connectivity index (χ4v) is 8.01. The van der Waals surface area contributed by atoms with Crippen LogP contribution in [0.1, 0.15) is 125 Å². The monoisotopic (exact) mass is 1130 g/mol. The van der Waals surface area contributed by atoms with Crippen LogP contribution in [0.25, 0.3) is 0 Å². The topological polar surface area (TPSA) is 497 Å². The molecule has 0 fully saturated rings. The van der Waals surface area contributed by atoms with Gasteiger partial charge in [-0.2, -0.15) is 0 Å². The predicted molar refractivity (Wildman–Crippen MR) is 303 cm³/mol. The van der Waals surface area contributed by atoms with Crippen molar-refractivity contribution in [1.82, 2.24) is 42.5 Å². The SMILES string of the molecule is CC(C)CC(CN)NC(=O)C(CC(C)C)NC(=O)C(CCCCN)NC(=O)C(CCCN=C(N)N)NC(=O)C(Cc1ccc(O)cc1)NC(=O)C(C)NC(=O)C(CCC(N)=O)NC(=O)C(CCCN=C(N)N)NC(=O)C(C)C(C)O. The number of carbonyl (C=O) groups is 9. The number of carbonyl (C=O) groups excluding carboxylic acids is 9. The molecule has 9 amide bonds. The number of nitrogens with zero attached hydrogens (tertiary/aromatic N) is 2. The predicted octanol–water partition coefficient (Wildman–Crippen LogP) is -3.60. The highest BCUT2D eigenvalue weighted by Crippen LogP contribution is 2.15. The number of aliphatic hydroxyl groups is 1. The number of nitrogens with two attached hydrogens (primary N) is 7. The molecule has 0 radical (unpaired) electrons. The van der Waals surface area contributed by atoms with E-state index in [-0.39, 0.29) is 107 Å². The van der Waals surface area contributed by atoms with Gasteiger partial charge in [0.25, 0.3) is 0 Å². The van der Waals surface area contributed by atoms with Crippen LogP contribution >= 0.6 is 0 Å². The van der Waals surface area contributed by atoms with Crippen LogP contribution in [0.5, 0.6) is 5.75 Å². The average Bonchev–Trinajstić information content (AvgIpc) is 3.37. The van der Waals surface area contributed by atoms with Gasteiger partial charge in [-0.3, -0.25) is 53.1 Å². The number of guanidine groups is 2. The van der Waals surface area contributed by atoms with Crippen molar-refractivity contribution in [2.24, 2.45) is 67.9 Å². The third kappa shape index (κ3) is 29.0. The first-order valence-corrected chi connectivity index (χ1v) is 27.3. The summed E-state index contributed by atoms with van der Waals surface area (Å²) in [6, 6.07) is -3.88. The van der Waals surface area contributed by atoms with Gasteiger partial charge in [-0.1, -0.05) is 46.8 Å². The lowest BCUT2D eigenvalue weighted by Gasteiger charge is -2.28. The molecule has 28 nitrogen and oxygen atoms in total. The van der Waals surface area contributed by atoms with E-state index in [1.54, 1.807) is 0 Å². The summed E-state index contributed by atoms with van der Waals surface area (Å²) >= 11 is 0. The van der Waals surface area contributed by atoms with Crippen molar-refractivity contribution in [3.63, 3.8) is 0 Å². The molecule has 0 bridgehead atoms. The molecule has 10 atom stereocenters. The van der Waals surface area contributed by atoms with Crippen LogP contribution in [0.15, 0.2) is 34.3 Å². The van der Waals surface area contributed by atoms with Gasteiger partial charge in [0.2, 0.25) is 53.2 Å². The molecule has 24 N–H and O–H groups in total. The van der Waals surface area contributed by atoms with Gasteiger partial charge in [0.15, 0.2) is 11.9 Å². The number of hydrogen-bond donors (Lipinski definition) is 17. The van der Waals surface area contributed by atoms with Crippen LogP contribution < -0.4 is 82.7 Å². The average molecular weight is 1130 g/mol. The van der Waals surface area contributed by atoms with Crippen LogP contribution in [-0.4, -0.2) is 156 Å². The van der Waals surface area contributed by atoms with E-state index in [0.717, 1.165) is 0 Å². The van der Waals surface area contributed by atoms with Gasteiger partial charge in [0, 0.05) is 38.5 Å². The molecule has 80 heavy (non-hydrogen) atoms. The summed E-state index contributed by atoms with van der Waals surface area (Å²) in [7, 11) is 0. The van der Waals surface area contributed by atoms with E-state index in [0.29, 0.717) is 31.4 Å². The molecule has 0 aliphatic carbocycles. The molecule has 0 saturated carbocycles. The number of amides is 9. The Bertz CT molecular complexity index is 2210. The Balaban J connectivity index is 3.63. The number of unbranched alkanes of at least 4 members (excludes halogenated alkanes) is 1. The molecular weight excluding hydrogens is 1040 g/mol. The summed E-state index contributed by atoms with van der Waals surface area (Å²) in [5, 5.41) is 41.4. The van der Waals surface area contributed by atoms with Crippen molar-refractivity contribution < 1.29 is 53.4 Å². The molecular formula is C52H93N17O11. The lowest BCUT2D eigenvalue weighted by atomic mass is 9.99. The Morgan fingerprint density at radius 1 is 0.487 bits per heavy atom. The molecule has 1 aromatic carbocycles. The molecule has 10 unspecified atom stereocenters. The lowest BCUT2D eigenvalue weighted by molar-refractivity contribution is -0.136. The van der Waals surface area contributed by atoms with E-state index in [1.165, 1.54) is 45.0 Å². The number of phenols is 1. The molecule has 1 rings (SSSR count). The number of benzene rings is 1. The van der Waals surface area contributed by atoms with Crippen LogP contribution in [0, 0.1) is 17.8 Å². The molecule has 1 aromatic rings. The van der Waals surface area contributed by atoms with Gasteiger partial charge in [-0.25, -0.2) is 0 Å². The van der Waals surface area contributed by atoms with E-state index >= 15 is 0 Å². The van der Waals surface area contributed by atoms with Gasteiger partial charge in [-0.15, -0.1) is 0 Å². The van der Waals surface area contributed by atoms with Crippen LogP contribution in [0.2, 0.25) is 0 Å². The first kappa shape index (κ1) is 70.7. The number of aliphatic hydroxyl groups excluding tert-OH is 1. The highest BCUT2D eigenvalue weighted by atomic mass is 16.3. The summed E-state index contributed by atoms with van der Waals surface area (Å²) in [6.45, 7) is 12.5. The van der Waals surface area contributed by atoms with E-state index in [1.807, 2.05) is 27.7 Å². The van der Waals surface area contributed by atoms with Gasteiger partial charge in [-0.05, 0) is 114 Å². The van der Waals surface area contributed by atoms with Crippen molar-refractivity contribution in [2.75, 3.05) is 26.2 Å². The number of aliphatic imine (C=N–C) groups is 2. The van der Waals surface area contributed by atoms with Crippen LogP contribution in [-0.2, 0) is 49.6 Å². The molecule has 452 valence electrons. The fraction of sp³-hybridized carbons (Fsp3) is 0.673. The highest BCUT2D eigenvalue weighted by molar-refractivity contribution is 5.98. The van der Waals surface area contributed by atoms with Gasteiger partial charge in [0.05, 0.1) is 12.0 Å². The van der Waals surface area contributed by atoms with Gasteiger partial charge in [0.1, 0.15) is 48.0 Å². The fourth-order valence-electron chi connectivity index (χ4n) is 8.01. The normalized spacial score (nSPS) is 14.9. The molecule has 0 saturated heterocycles. The minimum Gasteiger partial charge on any atom is -0.508 e. The van der Waals surface area contributed by atoms with Crippen molar-refractivity contribution in [2.45, 2.75) is 180 Å². The molecule has 28 heteroatoms. The van der Waals surface area contributed by atoms with Crippen molar-refractivity contribution >= 4 is 65.1 Å². The Hall–Kier alpha value is -7.33. The number of hydrogen-bond acceptors (Lipinski definition) is 15. The molecule has 0 spiro atoms. The van der Waals surface area contributed by atoms with E-state index in [4.69, 9.17) is 40.1 Å². The summed E-state index contributed by atoms with van der Waals surface area (Å²) in [6.07, 6.45) is 0.101. The second-order valence-electron chi connectivity index (χ2n) is 20.9. The smallest absolute Gasteiger partial charge is 0.243 e. The first-order valence-electron chi connectivity index (χ1n) is 27.3.